The largest absolute Gasteiger partial charge is 0.475 e. The zero-order valence-corrected chi connectivity index (χ0v) is 14.1. The number of benzene rings is 1. The quantitative estimate of drug-likeness (QED) is 0.793. The Hall–Kier alpha value is -2.40. The Balaban J connectivity index is 1.71. The molecule has 0 saturated heterocycles. The van der Waals surface area contributed by atoms with Gasteiger partial charge in [-0.3, -0.25) is 4.79 Å². The molecule has 0 atom stereocenters. The summed E-state index contributed by atoms with van der Waals surface area (Å²) in [7, 11) is 1.64. The third-order valence-corrected chi connectivity index (χ3v) is 4.22. The van der Waals surface area contributed by atoms with Crippen LogP contribution >= 0.6 is 0 Å². The van der Waals surface area contributed by atoms with Gasteiger partial charge in [-0.05, 0) is 24.1 Å². The van der Waals surface area contributed by atoms with Gasteiger partial charge in [-0.25, -0.2) is 4.98 Å². The summed E-state index contributed by atoms with van der Waals surface area (Å²) in [5.41, 5.74) is 3.88. The van der Waals surface area contributed by atoms with Crippen LogP contribution in [0.15, 0.2) is 36.4 Å². The Morgan fingerprint density at radius 1 is 1.21 bits per heavy atom. The highest BCUT2D eigenvalue weighted by Crippen LogP contribution is 2.22. The molecule has 1 aliphatic rings. The summed E-state index contributed by atoms with van der Waals surface area (Å²) >= 11 is 0. The van der Waals surface area contributed by atoms with Gasteiger partial charge in [0.2, 0.25) is 5.88 Å². The highest BCUT2D eigenvalue weighted by atomic mass is 16.5. The van der Waals surface area contributed by atoms with E-state index in [1.165, 1.54) is 0 Å². The molecule has 1 aromatic heterocycles. The molecule has 0 unspecified atom stereocenters. The molecule has 1 amide bonds. The second-order valence-electron chi connectivity index (χ2n) is 5.89. The number of amides is 1. The summed E-state index contributed by atoms with van der Waals surface area (Å²) in [6.45, 7) is 4.26. The average molecular weight is 326 g/mol. The van der Waals surface area contributed by atoms with Gasteiger partial charge in [-0.1, -0.05) is 24.3 Å². The first-order valence-corrected chi connectivity index (χ1v) is 8.14. The average Bonchev–Trinajstić information content (AvgIpc) is 2.61. The third kappa shape index (κ3) is 3.57. The lowest BCUT2D eigenvalue weighted by atomic mass is 10.0. The summed E-state index contributed by atoms with van der Waals surface area (Å²) in [6.07, 6.45) is 0.744. The number of carbonyl (C=O) groups is 1. The number of carbonyl (C=O) groups excluding carboxylic acids is 1. The van der Waals surface area contributed by atoms with Crippen molar-refractivity contribution < 1.29 is 14.3 Å². The van der Waals surface area contributed by atoms with Crippen molar-refractivity contribution >= 4 is 5.91 Å². The number of hydrogen-bond acceptors (Lipinski definition) is 4. The molecule has 5 heteroatoms. The molecular formula is C19H22N2O3. The van der Waals surface area contributed by atoms with Crippen molar-refractivity contribution in [3.8, 4) is 5.88 Å². The third-order valence-electron chi connectivity index (χ3n) is 4.22. The highest BCUT2D eigenvalue weighted by Gasteiger charge is 2.23. The summed E-state index contributed by atoms with van der Waals surface area (Å²) < 4.78 is 10.5. The van der Waals surface area contributed by atoms with Gasteiger partial charge >= 0.3 is 0 Å². The maximum absolute atomic E-state index is 12.7. The lowest BCUT2D eigenvalue weighted by Crippen LogP contribution is -2.36. The van der Waals surface area contributed by atoms with Crippen LogP contribution in [-0.2, 0) is 17.7 Å². The van der Waals surface area contributed by atoms with Crippen LogP contribution in [0.4, 0.5) is 0 Å². The Bertz CT molecular complexity index is 730. The van der Waals surface area contributed by atoms with E-state index in [4.69, 9.17) is 9.47 Å². The van der Waals surface area contributed by atoms with Crippen molar-refractivity contribution in [1.82, 2.24) is 9.88 Å². The molecule has 5 nitrogen and oxygen atoms in total. The van der Waals surface area contributed by atoms with Crippen LogP contribution in [-0.4, -0.2) is 42.7 Å². The van der Waals surface area contributed by atoms with E-state index in [1.54, 1.807) is 7.11 Å². The van der Waals surface area contributed by atoms with Gasteiger partial charge in [0.25, 0.3) is 5.91 Å². The van der Waals surface area contributed by atoms with Crippen molar-refractivity contribution in [2.24, 2.45) is 0 Å². The van der Waals surface area contributed by atoms with Crippen LogP contribution in [0, 0.1) is 6.92 Å². The minimum absolute atomic E-state index is 0.0826. The minimum atomic E-state index is 0.0826. The topological polar surface area (TPSA) is 51.7 Å². The predicted octanol–water partition coefficient (Wildman–Crippen LogP) is 2.61. The monoisotopic (exact) mass is 326 g/mol. The number of fused-ring (bicyclic) bond motifs is 1. The molecular weight excluding hydrogens is 304 g/mol. The number of aryl methyl sites for hydroxylation is 1. The minimum Gasteiger partial charge on any atom is -0.475 e. The maximum Gasteiger partial charge on any atom is 0.254 e. The number of methoxy groups -OCH3 is 1. The first kappa shape index (κ1) is 16.5. The van der Waals surface area contributed by atoms with Crippen LogP contribution in [0.1, 0.15) is 27.2 Å². The van der Waals surface area contributed by atoms with Crippen molar-refractivity contribution in [1.29, 1.82) is 0 Å². The highest BCUT2D eigenvalue weighted by molar-refractivity contribution is 5.95. The van der Waals surface area contributed by atoms with Crippen molar-refractivity contribution in [3.05, 3.63) is 58.8 Å². The van der Waals surface area contributed by atoms with Crippen LogP contribution in [0.25, 0.3) is 0 Å². The van der Waals surface area contributed by atoms with Crippen LogP contribution in [0.5, 0.6) is 5.88 Å². The van der Waals surface area contributed by atoms with Crippen molar-refractivity contribution in [2.75, 3.05) is 26.9 Å². The molecule has 0 radical (unpaired) electrons. The van der Waals surface area contributed by atoms with E-state index in [9.17, 15) is 4.79 Å². The van der Waals surface area contributed by atoms with E-state index in [1.807, 2.05) is 48.2 Å². The number of rotatable bonds is 5. The van der Waals surface area contributed by atoms with E-state index in [0.717, 1.165) is 28.8 Å². The molecule has 0 spiro atoms. The number of ether oxygens (including phenoxy) is 2. The maximum atomic E-state index is 12.7. The van der Waals surface area contributed by atoms with E-state index in [2.05, 4.69) is 4.98 Å². The fourth-order valence-electron chi connectivity index (χ4n) is 2.86. The first-order valence-electron chi connectivity index (χ1n) is 8.14. The van der Waals surface area contributed by atoms with Crippen LogP contribution < -0.4 is 4.74 Å². The standard InChI is InChI=1S/C19H22N2O3/c1-14-5-3-4-6-16(14)19(22)21-10-9-17-15(13-21)7-8-18(20-17)24-12-11-23-2/h3-8H,9-13H2,1-2H3. The Labute approximate surface area is 142 Å². The second-order valence-corrected chi connectivity index (χ2v) is 5.89. The molecule has 24 heavy (non-hydrogen) atoms. The number of aromatic nitrogens is 1. The first-order chi connectivity index (χ1) is 11.7. The second kappa shape index (κ2) is 7.45. The molecule has 0 bridgehead atoms. The Kier molecular flexibility index (Phi) is 5.11. The van der Waals surface area contributed by atoms with Gasteiger partial charge in [0.1, 0.15) is 6.61 Å². The number of hydrogen-bond donors (Lipinski definition) is 0. The summed E-state index contributed by atoms with van der Waals surface area (Å²) in [5, 5.41) is 0. The molecule has 0 saturated carbocycles. The van der Waals surface area contributed by atoms with E-state index >= 15 is 0 Å². The predicted molar refractivity (Wildman–Crippen MR) is 91.2 cm³/mol. The smallest absolute Gasteiger partial charge is 0.254 e. The molecule has 0 fully saturated rings. The van der Waals surface area contributed by atoms with Gasteiger partial charge in [-0.15, -0.1) is 0 Å². The molecule has 1 aliphatic heterocycles. The van der Waals surface area contributed by atoms with E-state index < -0.39 is 0 Å². The lowest BCUT2D eigenvalue weighted by molar-refractivity contribution is 0.0732. The summed E-state index contributed by atoms with van der Waals surface area (Å²) in [5.74, 6) is 0.698. The van der Waals surface area contributed by atoms with E-state index in [-0.39, 0.29) is 5.91 Å². The zero-order chi connectivity index (χ0) is 16.9. The van der Waals surface area contributed by atoms with Crippen LogP contribution in [0.3, 0.4) is 0 Å². The van der Waals surface area contributed by atoms with Crippen LogP contribution in [0.2, 0.25) is 0 Å². The molecule has 0 N–H and O–H groups in total. The van der Waals surface area contributed by atoms with E-state index in [0.29, 0.717) is 32.2 Å². The summed E-state index contributed by atoms with van der Waals surface area (Å²) in [6, 6.07) is 11.6. The SMILES string of the molecule is COCCOc1ccc2c(n1)CCN(C(=O)c1ccccc1C)C2. The van der Waals surface area contributed by atoms with Crippen molar-refractivity contribution in [3.63, 3.8) is 0 Å². The molecule has 0 aliphatic carbocycles. The zero-order valence-electron chi connectivity index (χ0n) is 14.1. The molecule has 3 rings (SSSR count). The normalized spacial score (nSPS) is 13.5. The molecule has 2 heterocycles. The lowest BCUT2D eigenvalue weighted by Gasteiger charge is -2.29. The van der Waals surface area contributed by atoms with Gasteiger partial charge in [0.15, 0.2) is 0 Å². The van der Waals surface area contributed by atoms with Gasteiger partial charge < -0.3 is 14.4 Å². The Morgan fingerprint density at radius 3 is 2.83 bits per heavy atom. The van der Waals surface area contributed by atoms with Gasteiger partial charge in [0, 0.05) is 38.2 Å². The molecule has 2 aromatic rings. The van der Waals surface area contributed by atoms with Crippen molar-refractivity contribution in [2.45, 2.75) is 19.9 Å². The molecule has 1 aromatic carbocycles. The van der Waals surface area contributed by atoms with Gasteiger partial charge in [-0.2, -0.15) is 0 Å². The number of nitrogens with zero attached hydrogens (tertiary/aromatic N) is 2. The Morgan fingerprint density at radius 2 is 2.04 bits per heavy atom. The fourth-order valence-corrected chi connectivity index (χ4v) is 2.86. The van der Waals surface area contributed by atoms with Gasteiger partial charge in [0.05, 0.1) is 12.3 Å². The number of pyridine rings is 1. The fraction of sp³-hybridized carbons (Fsp3) is 0.368. The summed E-state index contributed by atoms with van der Waals surface area (Å²) in [4.78, 5) is 19.2. The molecule has 126 valence electrons.